The molecule has 1 aromatic carbocycles. The number of benzene rings is 1. The van der Waals surface area contributed by atoms with Crippen molar-refractivity contribution in [2.24, 2.45) is 0 Å². The van der Waals surface area contributed by atoms with Crippen LogP contribution in [0.15, 0.2) is 29.2 Å². The molecule has 1 amide bonds. The number of thiocarbonyl (C=S) groups is 1. The molecule has 0 spiro atoms. The molecule has 20 heavy (non-hydrogen) atoms. The van der Waals surface area contributed by atoms with Crippen molar-refractivity contribution in [2.75, 3.05) is 0 Å². The number of thioether (sulfide) groups is 1. The number of carboxylic acids is 1. The summed E-state index contributed by atoms with van der Waals surface area (Å²) in [4.78, 5) is 24.5. The van der Waals surface area contributed by atoms with Gasteiger partial charge in [-0.25, -0.2) is 0 Å². The van der Waals surface area contributed by atoms with E-state index >= 15 is 0 Å². The summed E-state index contributed by atoms with van der Waals surface area (Å²) in [5.41, 5.74) is 0.677. The standard InChI is InChI=1S/C13H10ClNO3S2/c1-7(12(17)18)15-11(16)10(20-13(15)19)6-8-4-2-3-5-9(8)14/h2-7H,1H3,(H,17,18)/p-1/b10-6+/t7-/m0/s1. The molecule has 4 nitrogen and oxygen atoms in total. The molecule has 104 valence electrons. The summed E-state index contributed by atoms with van der Waals surface area (Å²) >= 11 is 12.1. The zero-order chi connectivity index (χ0) is 14.9. The van der Waals surface area contributed by atoms with Crippen LogP contribution in [-0.2, 0) is 9.59 Å². The lowest BCUT2D eigenvalue weighted by molar-refractivity contribution is -0.309. The Hall–Kier alpha value is -1.37. The Morgan fingerprint density at radius 2 is 2.15 bits per heavy atom. The van der Waals surface area contributed by atoms with E-state index in [2.05, 4.69) is 0 Å². The number of hydrogen-bond acceptors (Lipinski definition) is 5. The number of carboxylic acid groups (broad SMARTS) is 1. The molecule has 1 aliphatic heterocycles. The predicted molar refractivity (Wildman–Crippen MR) is 80.9 cm³/mol. The van der Waals surface area contributed by atoms with E-state index in [1.807, 2.05) is 0 Å². The van der Waals surface area contributed by atoms with Crippen LogP contribution in [0.5, 0.6) is 0 Å². The van der Waals surface area contributed by atoms with Crippen molar-refractivity contribution in [2.45, 2.75) is 13.0 Å². The molecule has 1 aromatic rings. The van der Waals surface area contributed by atoms with E-state index in [4.69, 9.17) is 23.8 Å². The number of halogens is 1. The average molecular weight is 327 g/mol. The van der Waals surface area contributed by atoms with Gasteiger partial charge < -0.3 is 9.90 Å². The second kappa shape index (κ2) is 5.95. The second-order valence-electron chi connectivity index (χ2n) is 4.07. The fraction of sp³-hybridized carbons (Fsp3) is 0.154. The smallest absolute Gasteiger partial charge is 0.266 e. The molecule has 0 bridgehead atoms. The minimum absolute atomic E-state index is 0.199. The lowest BCUT2D eigenvalue weighted by Gasteiger charge is -2.23. The Labute approximate surface area is 130 Å². The fourth-order valence-corrected chi connectivity index (χ4v) is 3.25. The van der Waals surface area contributed by atoms with Gasteiger partial charge in [0.1, 0.15) is 4.32 Å². The third kappa shape index (κ3) is 2.87. The maximum atomic E-state index is 12.2. The molecule has 1 aliphatic rings. The molecule has 1 saturated heterocycles. The Balaban J connectivity index is 2.33. The lowest BCUT2D eigenvalue weighted by Crippen LogP contribution is -2.48. The summed E-state index contributed by atoms with van der Waals surface area (Å²) in [6, 6.07) is 5.94. The molecule has 0 aromatic heterocycles. The van der Waals surface area contributed by atoms with Crippen LogP contribution in [0.3, 0.4) is 0 Å². The average Bonchev–Trinajstić information content (AvgIpc) is 2.66. The minimum atomic E-state index is -1.35. The second-order valence-corrected chi connectivity index (χ2v) is 6.15. The van der Waals surface area contributed by atoms with Crippen molar-refractivity contribution in [3.05, 3.63) is 39.8 Å². The van der Waals surface area contributed by atoms with Gasteiger partial charge in [-0.2, -0.15) is 0 Å². The van der Waals surface area contributed by atoms with Gasteiger partial charge in [0.25, 0.3) is 5.91 Å². The first kappa shape index (κ1) is 15.0. The van der Waals surface area contributed by atoms with Gasteiger partial charge in [-0.3, -0.25) is 9.69 Å². The van der Waals surface area contributed by atoms with Crippen molar-refractivity contribution >= 4 is 57.9 Å². The van der Waals surface area contributed by atoms with Crippen molar-refractivity contribution in [1.29, 1.82) is 0 Å². The maximum absolute atomic E-state index is 12.2. The Bertz CT molecular complexity index is 630. The van der Waals surface area contributed by atoms with Gasteiger partial charge in [0, 0.05) is 5.02 Å². The molecule has 0 N–H and O–H groups in total. The predicted octanol–water partition coefficient (Wildman–Crippen LogP) is 1.68. The minimum Gasteiger partial charge on any atom is -0.548 e. The van der Waals surface area contributed by atoms with Gasteiger partial charge in [0.2, 0.25) is 0 Å². The normalized spacial score (nSPS) is 18.7. The molecule has 0 saturated carbocycles. The Morgan fingerprint density at radius 3 is 2.75 bits per heavy atom. The van der Waals surface area contributed by atoms with Crippen molar-refractivity contribution in [3.63, 3.8) is 0 Å². The highest BCUT2D eigenvalue weighted by molar-refractivity contribution is 8.26. The van der Waals surface area contributed by atoms with Crippen LogP contribution in [0.2, 0.25) is 5.02 Å². The number of hydrogen-bond donors (Lipinski definition) is 0. The molecule has 1 fully saturated rings. The number of aliphatic carboxylic acids is 1. The van der Waals surface area contributed by atoms with E-state index in [0.29, 0.717) is 15.5 Å². The zero-order valence-corrected chi connectivity index (χ0v) is 12.7. The summed E-state index contributed by atoms with van der Waals surface area (Å²) in [5.74, 6) is -1.79. The van der Waals surface area contributed by atoms with Crippen molar-refractivity contribution in [3.8, 4) is 0 Å². The van der Waals surface area contributed by atoms with Gasteiger partial charge in [-0.15, -0.1) is 0 Å². The summed E-state index contributed by atoms with van der Waals surface area (Å²) < 4.78 is 0.199. The van der Waals surface area contributed by atoms with E-state index in [-0.39, 0.29) is 4.32 Å². The number of rotatable bonds is 3. The summed E-state index contributed by atoms with van der Waals surface area (Å²) in [7, 11) is 0. The highest BCUT2D eigenvalue weighted by Crippen LogP contribution is 2.34. The van der Waals surface area contributed by atoms with Crippen LogP contribution in [0, 0.1) is 0 Å². The topological polar surface area (TPSA) is 60.4 Å². The molecule has 0 aliphatic carbocycles. The van der Waals surface area contributed by atoms with Crippen LogP contribution in [0.4, 0.5) is 0 Å². The first-order chi connectivity index (χ1) is 9.41. The van der Waals surface area contributed by atoms with Gasteiger partial charge >= 0.3 is 0 Å². The fourth-order valence-electron chi connectivity index (χ4n) is 1.65. The van der Waals surface area contributed by atoms with E-state index in [9.17, 15) is 14.7 Å². The lowest BCUT2D eigenvalue weighted by atomic mass is 10.2. The summed E-state index contributed by atoms with van der Waals surface area (Å²) in [6.45, 7) is 1.36. The van der Waals surface area contributed by atoms with E-state index < -0.39 is 17.9 Å². The molecule has 1 heterocycles. The molecular weight excluding hydrogens is 318 g/mol. The molecule has 0 radical (unpaired) electrons. The van der Waals surface area contributed by atoms with Crippen LogP contribution in [-0.4, -0.2) is 27.1 Å². The van der Waals surface area contributed by atoms with Crippen LogP contribution in [0.25, 0.3) is 6.08 Å². The first-order valence-corrected chi connectivity index (χ1v) is 7.24. The van der Waals surface area contributed by atoms with Gasteiger partial charge in [-0.1, -0.05) is 53.8 Å². The highest BCUT2D eigenvalue weighted by atomic mass is 35.5. The van der Waals surface area contributed by atoms with Gasteiger partial charge in [0.15, 0.2) is 0 Å². The van der Waals surface area contributed by atoms with Crippen LogP contribution in [0.1, 0.15) is 12.5 Å². The van der Waals surface area contributed by atoms with E-state index in [1.54, 1.807) is 30.3 Å². The number of carbonyl (C=O) groups is 2. The molecule has 1 atom stereocenters. The van der Waals surface area contributed by atoms with Crippen molar-refractivity contribution < 1.29 is 14.7 Å². The first-order valence-electron chi connectivity index (χ1n) is 5.64. The SMILES string of the molecule is C[C@@H](C(=O)[O-])N1C(=O)/C(=C\c2ccccc2Cl)SC1=S. The zero-order valence-electron chi connectivity index (χ0n) is 10.3. The molecule has 0 unspecified atom stereocenters. The summed E-state index contributed by atoms with van der Waals surface area (Å²) in [5, 5.41) is 11.4. The number of nitrogens with zero attached hydrogens (tertiary/aromatic N) is 1. The van der Waals surface area contributed by atoms with Crippen LogP contribution < -0.4 is 5.11 Å². The molecule has 7 heteroatoms. The number of amides is 1. The summed E-state index contributed by atoms with van der Waals surface area (Å²) in [6.07, 6.45) is 1.60. The Morgan fingerprint density at radius 1 is 1.50 bits per heavy atom. The van der Waals surface area contributed by atoms with E-state index in [0.717, 1.165) is 16.7 Å². The number of carbonyl (C=O) groups excluding carboxylic acids is 2. The molecular formula is C13H9ClNO3S2-. The third-order valence-electron chi connectivity index (χ3n) is 2.74. The van der Waals surface area contributed by atoms with Crippen LogP contribution >= 0.6 is 35.6 Å². The third-order valence-corrected chi connectivity index (χ3v) is 4.42. The largest absolute Gasteiger partial charge is 0.548 e. The van der Waals surface area contributed by atoms with E-state index in [1.165, 1.54) is 6.92 Å². The quantitative estimate of drug-likeness (QED) is 0.625. The maximum Gasteiger partial charge on any atom is 0.266 e. The van der Waals surface area contributed by atoms with Gasteiger partial charge in [-0.05, 0) is 24.6 Å². The monoisotopic (exact) mass is 326 g/mol. The highest BCUT2D eigenvalue weighted by Gasteiger charge is 2.35. The van der Waals surface area contributed by atoms with Gasteiger partial charge in [0.05, 0.1) is 16.9 Å². The molecule has 2 rings (SSSR count). The Kier molecular flexibility index (Phi) is 4.47. The van der Waals surface area contributed by atoms with Crippen molar-refractivity contribution in [1.82, 2.24) is 4.90 Å².